The predicted molar refractivity (Wildman–Crippen MR) is 130 cm³/mol. The molecule has 2 unspecified atom stereocenters. The lowest BCUT2D eigenvalue weighted by Gasteiger charge is -2.19. The van der Waals surface area contributed by atoms with E-state index in [4.69, 9.17) is 30.6 Å². The number of anilines is 1. The van der Waals surface area contributed by atoms with Gasteiger partial charge < -0.3 is 39.5 Å². The molecule has 3 aromatic rings. The molecule has 4 rings (SSSR count). The van der Waals surface area contributed by atoms with Crippen molar-refractivity contribution in [1.29, 1.82) is 0 Å². The molecular formula is C20H24ClFN4O9P2. The summed E-state index contributed by atoms with van der Waals surface area (Å²) >= 11 is 6.20. The summed E-state index contributed by atoms with van der Waals surface area (Å²) in [5.74, 6) is -1.81. The fourth-order valence-electron chi connectivity index (χ4n) is 3.96. The van der Waals surface area contributed by atoms with Gasteiger partial charge in [0.25, 0.3) is 0 Å². The molecule has 0 bridgehead atoms. The van der Waals surface area contributed by atoms with Gasteiger partial charge >= 0.3 is 15.2 Å². The van der Waals surface area contributed by atoms with Gasteiger partial charge in [-0.05, 0) is 19.1 Å². The van der Waals surface area contributed by atoms with Gasteiger partial charge in [-0.3, -0.25) is 9.13 Å². The van der Waals surface area contributed by atoms with Crippen LogP contribution in [0.25, 0.3) is 11.0 Å². The number of benzene rings is 1. The van der Waals surface area contributed by atoms with Crippen molar-refractivity contribution in [3.63, 3.8) is 0 Å². The molecular weight excluding hydrogens is 557 g/mol. The number of rotatable bonds is 9. The third-order valence-electron chi connectivity index (χ3n) is 5.66. The molecule has 0 saturated carbocycles. The van der Waals surface area contributed by atoms with Crippen molar-refractivity contribution in [2.75, 3.05) is 17.8 Å². The second kappa shape index (κ2) is 10.7. The normalized spacial score (nSPS) is 24.8. The third kappa shape index (κ3) is 6.37. The maximum atomic E-state index is 14.2. The van der Waals surface area contributed by atoms with Gasteiger partial charge in [0.1, 0.15) is 29.3 Å². The van der Waals surface area contributed by atoms with Crippen molar-refractivity contribution in [2.24, 2.45) is 0 Å². The molecule has 6 N–H and O–H groups in total. The van der Waals surface area contributed by atoms with Crippen LogP contribution < -0.4 is 5.32 Å². The van der Waals surface area contributed by atoms with Gasteiger partial charge in [-0.15, -0.1) is 0 Å². The van der Waals surface area contributed by atoms with E-state index in [0.717, 1.165) is 4.68 Å². The molecule has 0 aliphatic carbocycles. The number of ether oxygens (including phenoxy) is 1. The molecule has 3 heterocycles. The molecule has 6 atom stereocenters. The summed E-state index contributed by atoms with van der Waals surface area (Å²) in [6.07, 6.45) is -4.43. The van der Waals surface area contributed by atoms with Crippen molar-refractivity contribution in [3.8, 4) is 0 Å². The topological polar surface area (TPSA) is 196 Å². The van der Waals surface area contributed by atoms with Gasteiger partial charge in [0.05, 0.1) is 29.9 Å². The van der Waals surface area contributed by atoms with Crippen LogP contribution in [0.4, 0.5) is 10.1 Å². The highest BCUT2D eigenvalue weighted by molar-refractivity contribution is 7.70. The van der Waals surface area contributed by atoms with Crippen molar-refractivity contribution in [3.05, 3.63) is 53.1 Å². The SMILES string of the molecule is C[C@H](Nc1cc(Cl)nc2c1cnn2C1O[C@H](COP(=O)(O)CP(=O)(O)O)[C@@H](O)[C@H]1O)c1ccccc1F. The Bertz CT molecular complexity index is 1390. The average molecular weight is 581 g/mol. The second-order valence-electron chi connectivity index (χ2n) is 8.49. The number of aliphatic hydroxyl groups excluding tert-OH is 2. The summed E-state index contributed by atoms with van der Waals surface area (Å²) in [4.78, 5) is 31.7. The highest BCUT2D eigenvalue weighted by Gasteiger charge is 2.46. The van der Waals surface area contributed by atoms with E-state index in [1.807, 2.05) is 0 Å². The summed E-state index contributed by atoms with van der Waals surface area (Å²) < 4.78 is 48.6. The Kier molecular flexibility index (Phi) is 8.08. The third-order valence-corrected chi connectivity index (χ3v) is 9.31. The van der Waals surface area contributed by atoms with Crippen molar-refractivity contribution >= 4 is 43.5 Å². The Hall–Kier alpha value is -1.96. The molecule has 1 aliphatic heterocycles. The highest BCUT2D eigenvalue weighted by atomic mass is 35.5. The molecule has 0 amide bonds. The number of fused-ring (bicyclic) bond motifs is 1. The quantitative estimate of drug-likeness (QED) is 0.160. The van der Waals surface area contributed by atoms with Gasteiger partial charge in [-0.25, -0.2) is 14.1 Å². The van der Waals surface area contributed by atoms with E-state index in [0.29, 0.717) is 16.6 Å². The average Bonchev–Trinajstić information content (AvgIpc) is 3.32. The summed E-state index contributed by atoms with van der Waals surface area (Å²) in [5.41, 5.74) is 1.03. The molecule has 202 valence electrons. The molecule has 13 nitrogen and oxygen atoms in total. The van der Waals surface area contributed by atoms with Gasteiger partial charge in [0, 0.05) is 5.56 Å². The summed E-state index contributed by atoms with van der Waals surface area (Å²) in [6.45, 7) is 1.00. The number of aliphatic hydroxyl groups is 2. The summed E-state index contributed by atoms with van der Waals surface area (Å²) in [5, 5.41) is 28.8. The Morgan fingerprint density at radius 3 is 2.62 bits per heavy atom. The predicted octanol–water partition coefficient (Wildman–Crippen LogP) is 2.35. The van der Waals surface area contributed by atoms with Crippen molar-refractivity contribution < 1.29 is 47.7 Å². The van der Waals surface area contributed by atoms with E-state index in [-0.39, 0.29) is 10.8 Å². The zero-order chi connectivity index (χ0) is 27.1. The number of halogens is 2. The highest BCUT2D eigenvalue weighted by Crippen LogP contribution is 2.55. The van der Waals surface area contributed by atoms with E-state index in [9.17, 15) is 28.6 Å². The molecule has 1 aromatic carbocycles. The van der Waals surface area contributed by atoms with Gasteiger partial charge in [-0.1, -0.05) is 29.8 Å². The van der Waals surface area contributed by atoms with Crippen LogP contribution in [-0.4, -0.2) is 70.5 Å². The Morgan fingerprint density at radius 1 is 1.24 bits per heavy atom. The number of nitrogens with zero attached hydrogens (tertiary/aromatic N) is 3. The smallest absolute Gasteiger partial charge is 0.340 e. The standard InChI is InChI=1S/C20H24ClFN4O9P2/c1-10(11-4-2-3-5-13(11)22)24-14-6-16(21)25-19-12(14)7-23-26(19)20-18(28)17(27)15(35-20)8-34-37(32,33)9-36(29,30)31/h2-7,10,15,17-18,20,27-28H,8-9H2,1H3,(H,24,25)(H,32,33)(H2,29,30,31)/t10-,15+,17+,18+,20?/m0/s1. The molecule has 17 heteroatoms. The summed E-state index contributed by atoms with van der Waals surface area (Å²) in [7, 11) is -9.56. The van der Waals surface area contributed by atoms with Crippen LogP contribution in [0.5, 0.6) is 0 Å². The maximum absolute atomic E-state index is 14.2. The molecule has 37 heavy (non-hydrogen) atoms. The summed E-state index contributed by atoms with van der Waals surface area (Å²) in [6, 6.07) is 7.31. The zero-order valence-electron chi connectivity index (χ0n) is 19.1. The van der Waals surface area contributed by atoms with Crippen molar-refractivity contribution in [1.82, 2.24) is 14.8 Å². The van der Waals surface area contributed by atoms with E-state index in [1.165, 1.54) is 18.3 Å². The first-order valence-electron chi connectivity index (χ1n) is 10.8. The van der Waals surface area contributed by atoms with E-state index in [1.54, 1.807) is 25.1 Å². The lowest BCUT2D eigenvalue weighted by molar-refractivity contribution is -0.0541. The molecule has 1 aliphatic rings. The maximum Gasteiger partial charge on any atom is 0.340 e. The molecule has 1 fully saturated rings. The van der Waals surface area contributed by atoms with Gasteiger partial charge in [0.2, 0.25) is 0 Å². The van der Waals surface area contributed by atoms with E-state index >= 15 is 0 Å². The first-order chi connectivity index (χ1) is 17.3. The molecule has 2 aromatic heterocycles. The fraction of sp³-hybridized carbons (Fsp3) is 0.400. The minimum atomic E-state index is -4.85. The van der Waals surface area contributed by atoms with Crippen LogP contribution in [0.15, 0.2) is 36.5 Å². The van der Waals surface area contributed by atoms with Crippen LogP contribution in [0.1, 0.15) is 24.8 Å². The number of hydrogen-bond acceptors (Lipinski definition) is 9. The van der Waals surface area contributed by atoms with Crippen LogP contribution in [0, 0.1) is 5.82 Å². The van der Waals surface area contributed by atoms with Crippen molar-refractivity contribution in [2.45, 2.75) is 37.5 Å². The van der Waals surface area contributed by atoms with Crippen LogP contribution >= 0.6 is 26.8 Å². The van der Waals surface area contributed by atoms with E-state index in [2.05, 4.69) is 15.4 Å². The first kappa shape index (κ1) is 28.1. The molecule has 1 saturated heterocycles. The van der Waals surface area contributed by atoms with Crippen LogP contribution in [-0.2, 0) is 18.4 Å². The van der Waals surface area contributed by atoms with Crippen LogP contribution in [0.2, 0.25) is 5.15 Å². The lowest BCUT2D eigenvalue weighted by Crippen LogP contribution is -2.33. The number of hydrogen-bond donors (Lipinski definition) is 6. The lowest BCUT2D eigenvalue weighted by atomic mass is 10.1. The minimum absolute atomic E-state index is 0.0454. The Balaban J connectivity index is 1.56. The van der Waals surface area contributed by atoms with Gasteiger partial charge in [-0.2, -0.15) is 5.10 Å². The van der Waals surface area contributed by atoms with E-state index < -0.39 is 64.1 Å². The zero-order valence-corrected chi connectivity index (χ0v) is 21.7. The fourth-order valence-corrected chi connectivity index (χ4v) is 6.72. The Labute approximate surface area is 214 Å². The minimum Gasteiger partial charge on any atom is -0.387 e. The number of aromatic nitrogens is 3. The molecule has 0 spiro atoms. The largest absolute Gasteiger partial charge is 0.387 e. The van der Waals surface area contributed by atoms with Crippen LogP contribution in [0.3, 0.4) is 0 Å². The second-order valence-corrected chi connectivity index (χ2v) is 12.9. The monoisotopic (exact) mass is 580 g/mol. The first-order valence-corrected chi connectivity index (χ1v) is 14.8. The molecule has 0 radical (unpaired) electrons. The number of pyridine rings is 1. The number of nitrogens with one attached hydrogen (secondary N) is 1. The van der Waals surface area contributed by atoms with Gasteiger partial charge in [0.15, 0.2) is 17.8 Å². The Morgan fingerprint density at radius 2 is 1.95 bits per heavy atom.